The van der Waals surface area contributed by atoms with E-state index < -0.39 is 0 Å². The number of aryl methyl sites for hydroxylation is 2. The number of hydrogen-bond donors (Lipinski definition) is 1. The zero-order valence-electron chi connectivity index (χ0n) is 14.9. The molecule has 1 unspecified atom stereocenters. The molecule has 0 radical (unpaired) electrons. The molecule has 0 fully saturated rings. The van der Waals surface area contributed by atoms with E-state index in [4.69, 9.17) is 4.98 Å². The SMILES string of the molecule is Cc1ccc(NN=C2CCC(C)n3c2nc2c(c3=O)CCCC2)cc1. The van der Waals surface area contributed by atoms with E-state index >= 15 is 0 Å². The molecule has 0 spiro atoms. The molecular formula is C20H24N4O. The molecule has 0 saturated carbocycles. The first-order valence-electron chi connectivity index (χ1n) is 9.17. The maximum Gasteiger partial charge on any atom is 0.257 e. The number of fused-ring (bicyclic) bond motifs is 2. The Hall–Kier alpha value is -2.43. The van der Waals surface area contributed by atoms with Gasteiger partial charge in [-0.1, -0.05) is 17.7 Å². The zero-order valence-corrected chi connectivity index (χ0v) is 14.9. The Morgan fingerprint density at radius 1 is 1.16 bits per heavy atom. The highest BCUT2D eigenvalue weighted by molar-refractivity contribution is 5.98. The minimum Gasteiger partial charge on any atom is -0.288 e. The number of anilines is 1. The molecule has 1 aromatic carbocycles. The number of nitrogens with zero attached hydrogens (tertiary/aromatic N) is 3. The van der Waals surface area contributed by atoms with Crippen LogP contribution >= 0.6 is 0 Å². The molecule has 2 aromatic rings. The fourth-order valence-electron chi connectivity index (χ4n) is 3.73. The molecule has 4 rings (SSSR count). The molecule has 1 atom stereocenters. The van der Waals surface area contributed by atoms with Crippen LogP contribution in [0.3, 0.4) is 0 Å². The van der Waals surface area contributed by atoms with E-state index in [0.717, 1.165) is 67.0 Å². The van der Waals surface area contributed by atoms with E-state index in [-0.39, 0.29) is 11.6 Å². The van der Waals surface area contributed by atoms with Crippen LogP contribution in [0, 0.1) is 6.92 Å². The topological polar surface area (TPSA) is 59.3 Å². The van der Waals surface area contributed by atoms with Gasteiger partial charge in [0.05, 0.1) is 11.4 Å². The molecule has 1 N–H and O–H groups in total. The van der Waals surface area contributed by atoms with Crippen molar-refractivity contribution < 1.29 is 0 Å². The first kappa shape index (κ1) is 16.1. The average molecular weight is 336 g/mol. The highest BCUT2D eigenvalue weighted by atomic mass is 16.1. The van der Waals surface area contributed by atoms with Crippen molar-refractivity contribution in [2.45, 2.75) is 58.4 Å². The van der Waals surface area contributed by atoms with Crippen molar-refractivity contribution in [1.29, 1.82) is 0 Å². The molecule has 2 heterocycles. The van der Waals surface area contributed by atoms with Crippen LogP contribution in [-0.4, -0.2) is 15.3 Å². The first-order valence-corrected chi connectivity index (χ1v) is 9.17. The van der Waals surface area contributed by atoms with E-state index in [1.807, 2.05) is 16.7 Å². The van der Waals surface area contributed by atoms with E-state index in [0.29, 0.717) is 0 Å². The fourth-order valence-corrected chi connectivity index (χ4v) is 3.73. The van der Waals surface area contributed by atoms with Gasteiger partial charge in [0, 0.05) is 11.6 Å². The fraction of sp³-hybridized carbons (Fsp3) is 0.450. The Labute approximate surface area is 147 Å². The number of benzene rings is 1. The van der Waals surface area contributed by atoms with Gasteiger partial charge in [0.2, 0.25) is 0 Å². The summed E-state index contributed by atoms with van der Waals surface area (Å²) in [5.41, 5.74) is 8.23. The van der Waals surface area contributed by atoms with Gasteiger partial charge in [-0.2, -0.15) is 5.10 Å². The van der Waals surface area contributed by atoms with Crippen LogP contribution in [0.1, 0.15) is 61.3 Å². The molecule has 1 aliphatic carbocycles. The summed E-state index contributed by atoms with van der Waals surface area (Å²) in [5, 5.41) is 4.59. The van der Waals surface area contributed by atoms with Crippen molar-refractivity contribution in [2.24, 2.45) is 5.10 Å². The highest BCUT2D eigenvalue weighted by Gasteiger charge is 2.27. The van der Waals surface area contributed by atoms with Crippen molar-refractivity contribution in [3.05, 3.63) is 57.3 Å². The summed E-state index contributed by atoms with van der Waals surface area (Å²) >= 11 is 0. The summed E-state index contributed by atoms with van der Waals surface area (Å²) in [7, 11) is 0. The van der Waals surface area contributed by atoms with Crippen molar-refractivity contribution in [3.63, 3.8) is 0 Å². The normalized spacial score (nSPS) is 20.9. The van der Waals surface area contributed by atoms with Gasteiger partial charge < -0.3 is 0 Å². The molecule has 130 valence electrons. The maximum absolute atomic E-state index is 13.0. The quantitative estimate of drug-likeness (QED) is 0.853. The van der Waals surface area contributed by atoms with Gasteiger partial charge in [-0.15, -0.1) is 0 Å². The van der Waals surface area contributed by atoms with Crippen molar-refractivity contribution in [3.8, 4) is 0 Å². The molecule has 0 saturated heterocycles. The molecule has 0 bridgehead atoms. The summed E-state index contributed by atoms with van der Waals surface area (Å²) < 4.78 is 1.86. The third-order valence-corrected chi connectivity index (χ3v) is 5.25. The average Bonchev–Trinajstić information content (AvgIpc) is 2.63. The lowest BCUT2D eigenvalue weighted by atomic mass is 9.95. The summed E-state index contributed by atoms with van der Waals surface area (Å²) in [6.07, 6.45) is 5.74. The Morgan fingerprint density at radius 2 is 1.92 bits per heavy atom. The first-order chi connectivity index (χ1) is 12.1. The van der Waals surface area contributed by atoms with E-state index in [9.17, 15) is 4.79 Å². The minimum atomic E-state index is 0.148. The van der Waals surface area contributed by atoms with Crippen molar-refractivity contribution in [2.75, 3.05) is 5.43 Å². The lowest BCUT2D eigenvalue weighted by Gasteiger charge is -2.28. The maximum atomic E-state index is 13.0. The molecule has 2 aliphatic rings. The standard InChI is InChI=1S/C20H24N4O/c1-13-7-10-15(11-8-13)22-23-18-12-9-14(2)24-19(18)21-17-6-4-3-5-16(17)20(24)25/h7-8,10-11,14,22H,3-6,9,12H2,1-2H3. The number of hydrazone groups is 1. The van der Waals surface area contributed by atoms with Crippen LogP contribution in [0.4, 0.5) is 5.69 Å². The van der Waals surface area contributed by atoms with Gasteiger partial charge in [0.15, 0.2) is 5.82 Å². The van der Waals surface area contributed by atoms with Crippen LogP contribution < -0.4 is 11.0 Å². The minimum absolute atomic E-state index is 0.148. The second-order valence-electron chi connectivity index (χ2n) is 7.17. The highest BCUT2D eigenvalue weighted by Crippen LogP contribution is 2.25. The predicted molar refractivity (Wildman–Crippen MR) is 100 cm³/mol. The molecular weight excluding hydrogens is 312 g/mol. The van der Waals surface area contributed by atoms with Gasteiger partial charge in [-0.05, 0) is 64.5 Å². The van der Waals surface area contributed by atoms with Gasteiger partial charge in [-0.3, -0.25) is 14.8 Å². The summed E-state index contributed by atoms with van der Waals surface area (Å²) in [4.78, 5) is 17.8. The van der Waals surface area contributed by atoms with Gasteiger partial charge >= 0.3 is 0 Å². The summed E-state index contributed by atoms with van der Waals surface area (Å²) in [5.74, 6) is 0.754. The van der Waals surface area contributed by atoms with Crippen LogP contribution in [0.5, 0.6) is 0 Å². The van der Waals surface area contributed by atoms with Crippen LogP contribution in [0.25, 0.3) is 0 Å². The van der Waals surface area contributed by atoms with Gasteiger partial charge in [-0.25, -0.2) is 4.98 Å². The van der Waals surface area contributed by atoms with Gasteiger partial charge in [0.25, 0.3) is 5.56 Å². The van der Waals surface area contributed by atoms with Crippen LogP contribution in [0.15, 0.2) is 34.2 Å². The van der Waals surface area contributed by atoms with Crippen molar-refractivity contribution in [1.82, 2.24) is 9.55 Å². The third-order valence-electron chi connectivity index (χ3n) is 5.25. The lowest BCUT2D eigenvalue weighted by molar-refractivity contribution is 0.460. The Kier molecular flexibility index (Phi) is 4.15. The zero-order chi connectivity index (χ0) is 17.4. The summed E-state index contributed by atoms with van der Waals surface area (Å²) in [6, 6.07) is 8.31. The number of hydrogen-bond acceptors (Lipinski definition) is 4. The summed E-state index contributed by atoms with van der Waals surface area (Å²) in [6.45, 7) is 4.17. The smallest absolute Gasteiger partial charge is 0.257 e. The molecule has 1 aliphatic heterocycles. The predicted octanol–water partition coefficient (Wildman–Crippen LogP) is 3.60. The Morgan fingerprint density at radius 3 is 2.72 bits per heavy atom. The second kappa shape index (κ2) is 6.47. The van der Waals surface area contributed by atoms with Crippen LogP contribution in [0.2, 0.25) is 0 Å². The van der Waals surface area contributed by atoms with Gasteiger partial charge in [0.1, 0.15) is 5.71 Å². The third kappa shape index (κ3) is 2.99. The van der Waals surface area contributed by atoms with Crippen LogP contribution in [-0.2, 0) is 12.8 Å². The van der Waals surface area contributed by atoms with E-state index in [1.165, 1.54) is 5.56 Å². The van der Waals surface area contributed by atoms with Crippen molar-refractivity contribution >= 4 is 11.4 Å². The lowest BCUT2D eigenvalue weighted by Crippen LogP contribution is -2.38. The molecule has 0 amide bonds. The number of nitrogens with one attached hydrogen (secondary N) is 1. The molecule has 5 nitrogen and oxygen atoms in total. The Balaban J connectivity index is 1.74. The van der Waals surface area contributed by atoms with E-state index in [2.05, 4.69) is 36.5 Å². The number of aromatic nitrogens is 2. The monoisotopic (exact) mass is 336 g/mol. The number of rotatable bonds is 2. The second-order valence-corrected chi connectivity index (χ2v) is 7.17. The Bertz CT molecular complexity index is 880. The molecule has 1 aromatic heterocycles. The molecule has 5 heteroatoms. The van der Waals surface area contributed by atoms with E-state index in [1.54, 1.807) is 0 Å². The molecule has 25 heavy (non-hydrogen) atoms. The largest absolute Gasteiger partial charge is 0.288 e.